The number of benzene rings is 1. The number of nitrogens with one attached hydrogen (secondary N) is 1. The minimum absolute atomic E-state index is 0.00806. The van der Waals surface area contributed by atoms with Crippen LogP contribution in [0.15, 0.2) is 47.8 Å². The first-order valence-corrected chi connectivity index (χ1v) is 6.68. The van der Waals surface area contributed by atoms with Gasteiger partial charge in [0.25, 0.3) is 5.69 Å². The van der Waals surface area contributed by atoms with Crippen molar-refractivity contribution in [2.24, 2.45) is 0 Å². The Morgan fingerprint density at radius 1 is 1.38 bits per heavy atom. The van der Waals surface area contributed by atoms with Gasteiger partial charge in [0.2, 0.25) is 0 Å². The molecule has 21 heavy (non-hydrogen) atoms. The van der Waals surface area contributed by atoms with E-state index in [1.165, 1.54) is 18.3 Å². The fraction of sp³-hybridized carbons (Fsp3) is 0.267. The van der Waals surface area contributed by atoms with E-state index in [0.717, 1.165) is 24.1 Å². The first kappa shape index (κ1) is 14.8. The molecule has 6 nitrogen and oxygen atoms in total. The van der Waals surface area contributed by atoms with E-state index in [9.17, 15) is 20.0 Å². The molecule has 0 radical (unpaired) electrons. The third kappa shape index (κ3) is 3.28. The van der Waals surface area contributed by atoms with Crippen LogP contribution in [0.1, 0.15) is 31.2 Å². The van der Waals surface area contributed by atoms with Crippen molar-refractivity contribution >= 4 is 11.7 Å². The molecule has 1 heterocycles. The van der Waals surface area contributed by atoms with E-state index in [1.54, 1.807) is 12.1 Å². The Morgan fingerprint density at radius 2 is 2.05 bits per heavy atom. The number of aliphatic carboxylic acids is 1. The zero-order valence-corrected chi connectivity index (χ0v) is 11.6. The van der Waals surface area contributed by atoms with E-state index >= 15 is 0 Å². The second kappa shape index (κ2) is 6.21. The summed E-state index contributed by atoms with van der Waals surface area (Å²) in [6.07, 6.45) is 5.14. The summed E-state index contributed by atoms with van der Waals surface area (Å²) in [4.78, 5) is 21.5. The number of carboxylic acids is 1. The van der Waals surface area contributed by atoms with Crippen molar-refractivity contribution in [3.05, 3.63) is 63.5 Å². The lowest BCUT2D eigenvalue weighted by Crippen LogP contribution is -2.20. The average molecular weight is 288 g/mol. The van der Waals surface area contributed by atoms with Gasteiger partial charge in [0.1, 0.15) is 0 Å². The van der Waals surface area contributed by atoms with Crippen LogP contribution in [-0.2, 0) is 4.79 Å². The van der Waals surface area contributed by atoms with Crippen LogP contribution in [0.3, 0.4) is 0 Å². The predicted molar refractivity (Wildman–Crippen MR) is 77.7 cm³/mol. The van der Waals surface area contributed by atoms with Crippen LogP contribution in [0.4, 0.5) is 5.69 Å². The molecule has 0 aromatic heterocycles. The smallest absolute Gasteiger partial charge is 0.334 e. The van der Waals surface area contributed by atoms with Crippen molar-refractivity contribution in [1.82, 2.24) is 5.32 Å². The number of dihydropyridines is 1. The molecule has 1 aliphatic rings. The standard InChI is InChI=1S/C15H16N2O4/c1-2-3-11-8-13(14(9-16-11)15(18)19)10-4-6-12(7-5-10)17(20)21/h4-9,13,16H,2-3H2,1H3,(H,18,19). The number of nitrogens with zero attached hydrogens (tertiary/aromatic N) is 1. The molecular weight excluding hydrogens is 272 g/mol. The normalized spacial score (nSPS) is 17.5. The number of carboxylic acid groups (broad SMARTS) is 1. The van der Waals surface area contributed by atoms with Crippen LogP contribution in [0.2, 0.25) is 0 Å². The first-order valence-electron chi connectivity index (χ1n) is 6.68. The van der Waals surface area contributed by atoms with Gasteiger partial charge < -0.3 is 10.4 Å². The summed E-state index contributed by atoms with van der Waals surface area (Å²) in [7, 11) is 0. The van der Waals surface area contributed by atoms with Crippen LogP contribution in [0.25, 0.3) is 0 Å². The number of non-ortho nitro benzene ring substituents is 1. The molecule has 1 aromatic rings. The topological polar surface area (TPSA) is 92.5 Å². The number of carbonyl (C=O) groups is 1. The lowest BCUT2D eigenvalue weighted by atomic mass is 9.88. The molecule has 0 fully saturated rings. The molecule has 2 N–H and O–H groups in total. The summed E-state index contributed by atoms with van der Waals surface area (Å²) in [6, 6.07) is 5.99. The van der Waals surface area contributed by atoms with Gasteiger partial charge in [-0.25, -0.2) is 4.79 Å². The molecule has 1 atom stereocenters. The number of rotatable bonds is 5. The van der Waals surface area contributed by atoms with Gasteiger partial charge >= 0.3 is 5.97 Å². The fourth-order valence-electron chi connectivity index (χ4n) is 2.30. The molecule has 110 valence electrons. The predicted octanol–water partition coefficient (Wildman–Crippen LogP) is 2.93. The molecule has 6 heteroatoms. The number of hydrogen-bond acceptors (Lipinski definition) is 4. The lowest BCUT2D eigenvalue weighted by molar-refractivity contribution is -0.384. The van der Waals surface area contributed by atoms with E-state index in [-0.39, 0.29) is 11.3 Å². The molecule has 1 aliphatic heterocycles. The molecule has 2 rings (SSSR count). The van der Waals surface area contributed by atoms with Crippen molar-refractivity contribution in [1.29, 1.82) is 0 Å². The van der Waals surface area contributed by atoms with Gasteiger partial charge in [-0.15, -0.1) is 0 Å². The minimum atomic E-state index is -1.00. The largest absolute Gasteiger partial charge is 0.478 e. The maximum atomic E-state index is 11.3. The van der Waals surface area contributed by atoms with Crippen molar-refractivity contribution in [3.63, 3.8) is 0 Å². The van der Waals surface area contributed by atoms with Crippen molar-refractivity contribution in [2.75, 3.05) is 0 Å². The third-order valence-corrected chi connectivity index (χ3v) is 3.35. The maximum Gasteiger partial charge on any atom is 0.334 e. The van der Waals surface area contributed by atoms with Gasteiger partial charge in [-0.2, -0.15) is 0 Å². The number of allylic oxidation sites excluding steroid dienone is 2. The molecule has 0 amide bonds. The monoisotopic (exact) mass is 288 g/mol. The van der Waals surface area contributed by atoms with Crippen LogP contribution >= 0.6 is 0 Å². The van der Waals surface area contributed by atoms with E-state index in [1.807, 2.05) is 13.0 Å². The van der Waals surface area contributed by atoms with Gasteiger partial charge in [-0.05, 0) is 12.0 Å². The summed E-state index contributed by atoms with van der Waals surface area (Å²) in [5.41, 5.74) is 1.91. The molecule has 0 aliphatic carbocycles. The van der Waals surface area contributed by atoms with Crippen LogP contribution in [0.5, 0.6) is 0 Å². The Balaban J connectivity index is 2.35. The van der Waals surface area contributed by atoms with Gasteiger partial charge in [0.15, 0.2) is 0 Å². The van der Waals surface area contributed by atoms with Gasteiger partial charge in [0.05, 0.1) is 10.5 Å². The number of nitro groups is 1. The molecular formula is C15H16N2O4. The zero-order valence-electron chi connectivity index (χ0n) is 11.6. The molecule has 0 bridgehead atoms. The highest BCUT2D eigenvalue weighted by molar-refractivity contribution is 5.89. The highest BCUT2D eigenvalue weighted by Gasteiger charge is 2.24. The summed E-state index contributed by atoms with van der Waals surface area (Å²) in [5.74, 6) is -1.40. The Hall–Kier alpha value is -2.63. The SMILES string of the molecule is CCCC1=CC(c2ccc([N+](=O)[O-])cc2)C(C(=O)O)=CN1. The highest BCUT2D eigenvalue weighted by atomic mass is 16.6. The summed E-state index contributed by atoms with van der Waals surface area (Å²) in [5, 5.41) is 23.0. The summed E-state index contributed by atoms with van der Waals surface area (Å²) < 4.78 is 0. The fourth-order valence-corrected chi connectivity index (χ4v) is 2.30. The number of nitro benzene ring substituents is 1. The zero-order chi connectivity index (χ0) is 15.4. The van der Waals surface area contributed by atoms with E-state index in [4.69, 9.17) is 0 Å². The summed E-state index contributed by atoms with van der Waals surface area (Å²) >= 11 is 0. The summed E-state index contributed by atoms with van der Waals surface area (Å²) in [6.45, 7) is 2.04. The number of hydrogen-bond donors (Lipinski definition) is 2. The molecule has 1 unspecified atom stereocenters. The minimum Gasteiger partial charge on any atom is -0.478 e. The molecule has 1 aromatic carbocycles. The maximum absolute atomic E-state index is 11.3. The van der Waals surface area contributed by atoms with Crippen LogP contribution in [0, 0.1) is 10.1 Å². The quantitative estimate of drug-likeness (QED) is 0.642. The van der Waals surface area contributed by atoms with Crippen LogP contribution < -0.4 is 5.32 Å². The van der Waals surface area contributed by atoms with Gasteiger partial charge in [-0.1, -0.05) is 31.6 Å². The lowest BCUT2D eigenvalue weighted by Gasteiger charge is -2.22. The van der Waals surface area contributed by atoms with Gasteiger partial charge in [-0.3, -0.25) is 10.1 Å². The Morgan fingerprint density at radius 3 is 2.57 bits per heavy atom. The Bertz CT molecular complexity index is 617. The van der Waals surface area contributed by atoms with Crippen LogP contribution in [-0.4, -0.2) is 16.0 Å². The van der Waals surface area contributed by atoms with E-state index in [0.29, 0.717) is 0 Å². The van der Waals surface area contributed by atoms with E-state index in [2.05, 4.69) is 5.32 Å². The Labute approximate surface area is 121 Å². The van der Waals surface area contributed by atoms with E-state index < -0.39 is 16.8 Å². The van der Waals surface area contributed by atoms with Crippen molar-refractivity contribution in [2.45, 2.75) is 25.7 Å². The average Bonchev–Trinajstić information content (AvgIpc) is 2.47. The second-order valence-corrected chi connectivity index (χ2v) is 4.82. The van der Waals surface area contributed by atoms with Crippen molar-refractivity contribution < 1.29 is 14.8 Å². The highest BCUT2D eigenvalue weighted by Crippen LogP contribution is 2.31. The van der Waals surface area contributed by atoms with Crippen molar-refractivity contribution in [3.8, 4) is 0 Å². The second-order valence-electron chi connectivity index (χ2n) is 4.82. The molecule has 0 saturated carbocycles. The van der Waals surface area contributed by atoms with Gasteiger partial charge in [0, 0.05) is 29.9 Å². The first-order chi connectivity index (χ1) is 10.0. The third-order valence-electron chi connectivity index (χ3n) is 3.35. The Kier molecular flexibility index (Phi) is 4.37. The molecule has 0 saturated heterocycles. The molecule has 0 spiro atoms.